The fourth-order valence-corrected chi connectivity index (χ4v) is 1.86. The molecule has 1 unspecified atom stereocenters. The minimum atomic E-state index is -4.10. The molecule has 0 aromatic rings. The topological polar surface area (TPSA) is 23.5 Å². The van der Waals surface area contributed by atoms with Gasteiger partial charge in [0, 0.05) is 25.1 Å². The van der Waals surface area contributed by atoms with E-state index < -0.39 is 12.6 Å². The fraction of sp³-hybridized carbons (Fsp3) is 1.00. The summed E-state index contributed by atoms with van der Waals surface area (Å²) in [5.41, 5.74) is -0.297. The zero-order valence-electron chi connectivity index (χ0n) is 10.3. The highest BCUT2D eigenvalue weighted by Gasteiger charge is 2.29. The lowest BCUT2D eigenvalue weighted by Crippen LogP contribution is -2.37. The lowest BCUT2D eigenvalue weighted by molar-refractivity contribution is -0.138. The second-order valence-electron chi connectivity index (χ2n) is 4.82. The molecular weight excluding hydrogens is 219 g/mol. The van der Waals surface area contributed by atoms with Gasteiger partial charge in [0.25, 0.3) is 0 Å². The van der Waals surface area contributed by atoms with Crippen molar-refractivity contribution < 1.29 is 18.3 Å². The Balaban J connectivity index is 4.05. The summed E-state index contributed by atoms with van der Waals surface area (Å²) in [6.45, 7) is 4.40. The first-order chi connectivity index (χ1) is 7.22. The van der Waals surface area contributed by atoms with Crippen molar-refractivity contribution in [3.63, 3.8) is 0 Å². The van der Waals surface area contributed by atoms with Crippen LogP contribution in [-0.2, 0) is 0 Å². The smallest absolute Gasteiger partial charge is 0.390 e. The van der Waals surface area contributed by atoms with Crippen LogP contribution in [0.2, 0.25) is 0 Å². The van der Waals surface area contributed by atoms with E-state index in [4.69, 9.17) is 0 Å². The Hall–Kier alpha value is -0.290. The van der Waals surface area contributed by atoms with E-state index in [0.29, 0.717) is 6.54 Å². The predicted molar refractivity (Wildman–Crippen MR) is 58.3 cm³/mol. The summed E-state index contributed by atoms with van der Waals surface area (Å²) in [5, 5.41) is 9.24. The lowest BCUT2D eigenvalue weighted by Gasteiger charge is -2.32. The van der Waals surface area contributed by atoms with Crippen LogP contribution in [0.25, 0.3) is 0 Å². The molecule has 0 heterocycles. The lowest BCUT2D eigenvalue weighted by atomic mass is 9.86. The van der Waals surface area contributed by atoms with Gasteiger partial charge in [-0.05, 0) is 13.5 Å². The molecule has 16 heavy (non-hydrogen) atoms. The van der Waals surface area contributed by atoms with Crippen molar-refractivity contribution in [2.75, 3.05) is 26.7 Å². The highest BCUT2D eigenvalue weighted by Crippen LogP contribution is 2.25. The highest BCUT2D eigenvalue weighted by atomic mass is 19.4. The fourth-order valence-electron chi connectivity index (χ4n) is 1.86. The van der Waals surface area contributed by atoms with Gasteiger partial charge in [0.2, 0.25) is 0 Å². The summed E-state index contributed by atoms with van der Waals surface area (Å²) in [4.78, 5) is 1.64. The average molecular weight is 241 g/mol. The first-order valence-corrected chi connectivity index (χ1v) is 5.58. The summed E-state index contributed by atoms with van der Waals surface area (Å²) in [7, 11) is 1.66. The first kappa shape index (κ1) is 15.7. The third-order valence-corrected chi connectivity index (χ3v) is 2.66. The Morgan fingerprint density at radius 2 is 1.75 bits per heavy atom. The van der Waals surface area contributed by atoms with Gasteiger partial charge in [0.05, 0.1) is 6.42 Å². The molecule has 1 N–H and O–H groups in total. The molecular formula is C11H22F3NO. The van der Waals surface area contributed by atoms with Gasteiger partial charge in [-0.25, -0.2) is 0 Å². The minimum Gasteiger partial charge on any atom is -0.396 e. The van der Waals surface area contributed by atoms with Crippen LogP contribution in [0.15, 0.2) is 0 Å². The number of aliphatic hydroxyl groups excluding tert-OH is 1. The number of halogens is 3. The SMILES string of the molecule is CCCC(C)(CO)CN(C)CCC(F)(F)F. The Bertz CT molecular complexity index is 196. The maximum atomic E-state index is 12.0. The molecule has 0 aliphatic rings. The van der Waals surface area contributed by atoms with Crippen LogP contribution in [0.5, 0.6) is 0 Å². The van der Waals surface area contributed by atoms with E-state index in [2.05, 4.69) is 0 Å². The maximum absolute atomic E-state index is 12.0. The molecule has 0 amide bonds. The van der Waals surface area contributed by atoms with Gasteiger partial charge in [-0.1, -0.05) is 20.3 Å². The molecule has 0 aromatic heterocycles. The zero-order chi connectivity index (χ0) is 12.8. The molecule has 0 aliphatic heterocycles. The second-order valence-corrected chi connectivity index (χ2v) is 4.82. The molecule has 0 aromatic carbocycles. The van der Waals surface area contributed by atoms with E-state index in [1.54, 1.807) is 11.9 Å². The maximum Gasteiger partial charge on any atom is 0.390 e. The van der Waals surface area contributed by atoms with Crippen molar-refractivity contribution in [3.8, 4) is 0 Å². The summed E-state index contributed by atoms with van der Waals surface area (Å²) in [5.74, 6) is 0. The number of alkyl halides is 3. The van der Waals surface area contributed by atoms with Crippen LogP contribution in [0, 0.1) is 5.41 Å². The average Bonchev–Trinajstić information content (AvgIpc) is 2.14. The third kappa shape index (κ3) is 7.06. The molecule has 0 radical (unpaired) electrons. The first-order valence-electron chi connectivity index (χ1n) is 5.58. The van der Waals surface area contributed by atoms with Crippen LogP contribution in [-0.4, -0.2) is 42.9 Å². The number of hydrogen-bond acceptors (Lipinski definition) is 2. The summed E-state index contributed by atoms with van der Waals surface area (Å²) < 4.78 is 36.0. The van der Waals surface area contributed by atoms with Gasteiger partial charge in [-0.2, -0.15) is 13.2 Å². The summed E-state index contributed by atoms with van der Waals surface area (Å²) in [6, 6.07) is 0. The minimum absolute atomic E-state index is 0.0111. The van der Waals surface area contributed by atoms with Crippen LogP contribution in [0.1, 0.15) is 33.1 Å². The van der Waals surface area contributed by atoms with Crippen LogP contribution >= 0.6 is 0 Å². The highest BCUT2D eigenvalue weighted by molar-refractivity contribution is 4.76. The molecule has 0 saturated carbocycles. The molecule has 0 spiro atoms. The van der Waals surface area contributed by atoms with E-state index in [1.165, 1.54) is 0 Å². The van der Waals surface area contributed by atoms with Crippen LogP contribution < -0.4 is 0 Å². The molecule has 98 valence electrons. The number of aliphatic hydroxyl groups is 1. The Morgan fingerprint density at radius 1 is 1.19 bits per heavy atom. The largest absolute Gasteiger partial charge is 0.396 e. The van der Waals surface area contributed by atoms with E-state index in [1.807, 2.05) is 13.8 Å². The second kappa shape index (κ2) is 6.45. The van der Waals surface area contributed by atoms with Crippen molar-refractivity contribution in [2.45, 2.75) is 39.3 Å². The third-order valence-electron chi connectivity index (χ3n) is 2.66. The molecule has 0 saturated heterocycles. The van der Waals surface area contributed by atoms with Gasteiger partial charge < -0.3 is 10.0 Å². The van der Waals surface area contributed by atoms with Gasteiger partial charge in [-0.15, -0.1) is 0 Å². The molecule has 0 aliphatic carbocycles. The van der Waals surface area contributed by atoms with Crippen molar-refractivity contribution in [2.24, 2.45) is 5.41 Å². The van der Waals surface area contributed by atoms with Gasteiger partial charge in [-0.3, -0.25) is 0 Å². The Labute approximate surface area is 95.4 Å². The standard InChI is InChI=1S/C11H22F3NO/c1-4-5-10(2,9-16)8-15(3)7-6-11(12,13)14/h16H,4-9H2,1-3H3. The molecule has 0 bridgehead atoms. The monoisotopic (exact) mass is 241 g/mol. The summed E-state index contributed by atoms with van der Waals surface area (Å²) >= 11 is 0. The molecule has 2 nitrogen and oxygen atoms in total. The Kier molecular flexibility index (Phi) is 6.33. The molecule has 0 rings (SSSR count). The summed E-state index contributed by atoms with van der Waals surface area (Å²) in [6.07, 6.45) is -3.16. The quantitative estimate of drug-likeness (QED) is 0.740. The van der Waals surface area contributed by atoms with E-state index in [0.717, 1.165) is 12.8 Å². The van der Waals surface area contributed by atoms with Crippen molar-refractivity contribution in [1.29, 1.82) is 0 Å². The number of rotatable bonds is 7. The molecule has 1 atom stereocenters. The van der Waals surface area contributed by atoms with E-state index in [-0.39, 0.29) is 18.6 Å². The molecule has 0 fully saturated rings. The number of nitrogens with zero attached hydrogens (tertiary/aromatic N) is 1. The normalized spacial score (nSPS) is 16.5. The van der Waals surface area contributed by atoms with Gasteiger partial charge in [0.15, 0.2) is 0 Å². The van der Waals surface area contributed by atoms with E-state index in [9.17, 15) is 18.3 Å². The van der Waals surface area contributed by atoms with Gasteiger partial charge >= 0.3 is 6.18 Å². The zero-order valence-corrected chi connectivity index (χ0v) is 10.3. The van der Waals surface area contributed by atoms with E-state index >= 15 is 0 Å². The van der Waals surface area contributed by atoms with Crippen LogP contribution in [0.3, 0.4) is 0 Å². The molecule has 5 heteroatoms. The van der Waals surface area contributed by atoms with Crippen molar-refractivity contribution >= 4 is 0 Å². The van der Waals surface area contributed by atoms with Crippen molar-refractivity contribution in [3.05, 3.63) is 0 Å². The predicted octanol–water partition coefficient (Wildman–Crippen LogP) is 2.67. The van der Waals surface area contributed by atoms with Gasteiger partial charge in [0.1, 0.15) is 0 Å². The van der Waals surface area contributed by atoms with Crippen molar-refractivity contribution in [1.82, 2.24) is 4.90 Å². The van der Waals surface area contributed by atoms with Crippen LogP contribution in [0.4, 0.5) is 13.2 Å². The Morgan fingerprint density at radius 3 is 2.12 bits per heavy atom. The number of hydrogen-bond donors (Lipinski definition) is 1.